The maximum Gasteiger partial charge on any atom is 2.00 e. The van der Waals surface area contributed by atoms with E-state index in [9.17, 15) is 0 Å². The first-order valence-electron chi connectivity index (χ1n) is 3.91. The van der Waals surface area contributed by atoms with Gasteiger partial charge in [-0.25, -0.2) is 0 Å². The maximum atomic E-state index is 7.56. The van der Waals surface area contributed by atoms with Crippen molar-refractivity contribution in [2.45, 2.75) is 0 Å². The van der Waals surface area contributed by atoms with Gasteiger partial charge in [-0.2, -0.15) is 0 Å². The van der Waals surface area contributed by atoms with Gasteiger partial charge in [0, 0.05) is 0 Å². The summed E-state index contributed by atoms with van der Waals surface area (Å²) in [6, 6.07) is 0. The van der Waals surface area contributed by atoms with Crippen molar-refractivity contribution in [3.63, 3.8) is 0 Å². The summed E-state index contributed by atoms with van der Waals surface area (Å²) in [6.07, 6.45) is 0. The SMILES string of the molecule is OP(O)(O)=S.OP(O)(O)=S.OP(O)(O)=S.OP(O)(O)=S.OP(O)(O)=S.[H-].[H-].[Mg+2]. The molecule has 0 spiro atoms. The fraction of sp³-hybridized carbons (Fsp3) is 0. The number of hydrogen-bond acceptors (Lipinski definition) is 5. The Balaban J connectivity index is -0.0000000290. The molecule has 26 heavy (non-hydrogen) atoms. The van der Waals surface area contributed by atoms with E-state index in [0.29, 0.717) is 0 Å². The fourth-order valence-corrected chi connectivity index (χ4v) is 0. The third-order valence-corrected chi connectivity index (χ3v) is 0. The molecule has 0 amide bonds. The van der Waals surface area contributed by atoms with E-state index in [2.05, 4.69) is 59.0 Å². The predicted octanol–water partition coefficient (Wildman–Crippen LogP) is -4.22. The van der Waals surface area contributed by atoms with Crippen molar-refractivity contribution < 1.29 is 76.3 Å². The topological polar surface area (TPSA) is 303 Å². The molecule has 0 saturated heterocycles. The van der Waals surface area contributed by atoms with E-state index in [1.165, 1.54) is 0 Å². The van der Waals surface area contributed by atoms with Gasteiger partial charge in [0.25, 0.3) is 0 Å². The van der Waals surface area contributed by atoms with Crippen LogP contribution in [0.5, 0.6) is 0 Å². The maximum absolute atomic E-state index is 7.56. The molecular weight excluding hydrogens is 579 g/mol. The summed E-state index contributed by atoms with van der Waals surface area (Å²) in [7, 11) is 0. The van der Waals surface area contributed by atoms with Gasteiger partial charge in [0.2, 0.25) is 0 Å². The Hall–Kier alpha value is 3.42. The summed E-state index contributed by atoms with van der Waals surface area (Å²) in [5.41, 5.74) is 0. The van der Waals surface area contributed by atoms with E-state index in [1.807, 2.05) is 0 Å². The standard InChI is InChI=1S/Mg.5H3O3PS.2H/c;5*1-4(2,3)5;;/h;5*(H3,1,2,3,5);;/q+2;;;;;;2*-1. The van der Waals surface area contributed by atoms with E-state index < -0.39 is 33.6 Å². The van der Waals surface area contributed by atoms with Crippen LogP contribution in [-0.2, 0) is 59.0 Å². The zero-order valence-electron chi connectivity index (χ0n) is 13.7. The average molecular weight is 597 g/mol. The van der Waals surface area contributed by atoms with Gasteiger partial charge in [-0.1, -0.05) is 0 Å². The Labute approximate surface area is 190 Å². The van der Waals surface area contributed by atoms with Crippen molar-refractivity contribution in [2.75, 3.05) is 0 Å². The quantitative estimate of drug-likeness (QED) is 0.0930. The zero-order valence-corrected chi connectivity index (χ0v) is 21.7. The molecule has 0 aliphatic heterocycles. The Kier molecular flexibility index (Phi) is 31.9. The first-order chi connectivity index (χ1) is 10.0. The first kappa shape index (κ1) is 43.3. The molecule has 0 saturated carbocycles. The Morgan fingerprint density at radius 3 is 0.308 bits per heavy atom. The van der Waals surface area contributed by atoms with Crippen molar-refractivity contribution >= 4 is 116 Å². The summed E-state index contributed by atoms with van der Waals surface area (Å²) in [5.74, 6) is 0. The van der Waals surface area contributed by atoms with E-state index in [4.69, 9.17) is 73.4 Å². The van der Waals surface area contributed by atoms with Gasteiger partial charge in [0.05, 0.1) is 0 Å². The fourth-order valence-electron chi connectivity index (χ4n) is 0. The molecule has 15 N–H and O–H groups in total. The van der Waals surface area contributed by atoms with Crippen LogP contribution >= 0.6 is 33.6 Å². The second-order valence-electron chi connectivity index (χ2n) is 2.57. The van der Waals surface area contributed by atoms with Gasteiger partial charge >= 0.3 is 56.6 Å². The third kappa shape index (κ3) is 1640. The molecular formula is H17MgO15P5S5. The third-order valence-electron chi connectivity index (χ3n) is 0. The minimum Gasteiger partial charge on any atom is -1.00 e. The minimum absolute atomic E-state index is 0. The van der Waals surface area contributed by atoms with Crippen LogP contribution < -0.4 is 0 Å². The van der Waals surface area contributed by atoms with Crippen molar-refractivity contribution in [3.8, 4) is 0 Å². The van der Waals surface area contributed by atoms with Gasteiger partial charge in [-0.3, -0.25) is 0 Å². The molecule has 0 aromatic heterocycles. The van der Waals surface area contributed by atoms with Crippen LogP contribution in [0.2, 0.25) is 0 Å². The summed E-state index contributed by atoms with van der Waals surface area (Å²) >= 11 is 18.0. The van der Waals surface area contributed by atoms with Crippen LogP contribution in [0.15, 0.2) is 0 Å². The van der Waals surface area contributed by atoms with Gasteiger partial charge in [0.1, 0.15) is 0 Å². The molecule has 0 unspecified atom stereocenters. The van der Waals surface area contributed by atoms with Crippen molar-refractivity contribution in [1.82, 2.24) is 0 Å². The monoisotopic (exact) mass is 596 g/mol. The summed E-state index contributed by atoms with van der Waals surface area (Å²) in [4.78, 5) is 113. The average Bonchev–Trinajstić information content (AvgIpc) is 1.79. The van der Waals surface area contributed by atoms with Gasteiger partial charge in [-0.15, -0.1) is 0 Å². The Morgan fingerprint density at radius 2 is 0.308 bits per heavy atom. The number of hydrogen-bond donors (Lipinski definition) is 15. The zero-order chi connectivity index (χ0) is 22.5. The van der Waals surface area contributed by atoms with Crippen LogP contribution in [0.1, 0.15) is 2.85 Å². The van der Waals surface area contributed by atoms with Gasteiger partial charge < -0.3 is 76.3 Å². The molecule has 0 bridgehead atoms. The predicted molar refractivity (Wildman–Crippen MR) is 113 cm³/mol. The molecule has 0 rings (SSSR count). The molecule has 0 aliphatic carbocycles. The molecule has 0 aromatic rings. The van der Waals surface area contributed by atoms with E-state index in [-0.39, 0.29) is 25.9 Å². The second-order valence-corrected chi connectivity index (χ2v) is 15.0. The smallest absolute Gasteiger partial charge is 1.00 e. The van der Waals surface area contributed by atoms with E-state index in [0.717, 1.165) is 0 Å². The number of rotatable bonds is 0. The van der Waals surface area contributed by atoms with E-state index in [1.54, 1.807) is 0 Å². The summed E-state index contributed by atoms with van der Waals surface area (Å²) < 4.78 is 0. The van der Waals surface area contributed by atoms with Crippen LogP contribution in [-0.4, -0.2) is 96.5 Å². The molecule has 15 nitrogen and oxygen atoms in total. The normalized spacial score (nSPS) is 11.3. The van der Waals surface area contributed by atoms with Crippen LogP contribution in [0.25, 0.3) is 0 Å². The molecule has 0 aliphatic rings. The molecule has 0 atom stereocenters. The Morgan fingerprint density at radius 1 is 0.308 bits per heavy atom. The van der Waals surface area contributed by atoms with Crippen LogP contribution in [0.3, 0.4) is 0 Å². The molecule has 0 heterocycles. The Bertz CT molecular complexity index is 398. The van der Waals surface area contributed by atoms with Crippen LogP contribution in [0, 0.1) is 0 Å². The first-order valence-corrected chi connectivity index (χ1v) is 17.2. The van der Waals surface area contributed by atoms with Crippen molar-refractivity contribution in [1.29, 1.82) is 0 Å². The molecule has 164 valence electrons. The molecule has 0 fully saturated rings. The second kappa shape index (κ2) is 19.1. The molecule has 0 aromatic carbocycles. The van der Waals surface area contributed by atoms with Crippen LogP contribution in [0.4, 0.5) is 0 Å². The van der Waals surface area contributed by atoms with E-state index >= 15 is 0 Å². The summed E-state index contributed by atoms with van der Waals surface area (Å²) in [5, 5.41) is 0. The molecule has 26 heteroatoms. The molecule has 0 radical (unpaired) electrons. The van der Waals surface area contributed by atoms with Crippen molar-refractivity contribution in [3.05, 3.63) is 0 Å². The van der Waals surface area contributed by atoms with Gasteiger partial charge in [-0.05, 0) is 59.0 Å². The summed E-state index contributed by atoms with van der Waals surface area (Å²) in [6.45, 7) is -19.0. The van der Waals surface area contributed by atoms with Crippen molar-refractivity contribution in [2.24, 2.45) is 0 Å². The van der Waals surface area contributed by atoms with Gasteiger partial charge in [0.15, 0.2) is 0 Å². The largest absolute Gasteiger partial charge is 2.00 e. The minimum atomic E-state index is -3.81.